The second-order valence-electron chi connectivity index (χ2n) is 4.88. The highest BCUT2D eigenvalue weighted by Gasteiger charge is 2.16. The van der Waals surface area contributed by atoms with Gasteiger partial charge in [0, 0.05) is 18.1 Å². The first-order valence-electron chi connectivity index (χ1n) is 6.86. The molecule has 2 rings (SSSR count). The third-order valence-electron chi connectivity index (χ3n) is 3.41. The number of rotatable bonds is 4. The van der Waals surface area contributed by atoms with E-state index in [2.05, 4.69) is 0 Å². The fourth-order valence-electron chi connectivity index (χ4n) is 2.29. The van der Waals surface area contributed by atoms with Crippen LogP contribution in [0.4, 0.5) is 0 Å². The summed E-state index contributed by atoms with van der Waals surface area (Å²) in [6, 6.07) is 4.78. The van der Waals surface area contributed by atoms with Crippen molar-refractivity contribution in [1.29, 1.82) is 0 Å². The van der Waals surface area contributed by atoms with E-state index in [-0.39, 0.29) is 12.5 Å². The summed E-state index contributed by atoms with van der Waals surface area (Å²) in [4.78, 5) is 24.9. The molecule has 1 aromatic carbocycles. The maximum absolute atomic E-state index is 12.1. The number of benzene rings is 1. The van der Waals surface area contributed by atoms with Crippen molar-refractivity contribution >= 4 is 23.8 Å². The molecule has 0 radical (unpaired) electrons. The van der Waals surface area contributed by atoms with E-state index >= 15 is 0 Å². The van der Waals surface area contributed by atoms with Gasteiger partial charge in [0.05, 0.1) is 5.56 Å². The largest absolute Gasteiger partial charge is 0.483 e. The van der Waals surface area contributed by atoms with Crippen molar-refractivity contribution in [2.24, 2.45) is 0 Å². The van der Waals surface area contributed by atoms with Crippen LogP contribution in [-0.4, -0.2) is 36.8 Å². The quantitative estimate of drug-likeness (QED) is 0.802. The molecule has 0 atom stereocenters. The zero-order chi connectivity index (χ0) is 14.4. The van der Waals surface area contributed by atoms with E-state index in [9.17, 15) is 9.59 Å². The number of amides is 1. The zero-order valence-electron chi connectivity index (χ0n) is 11.3. The van der Waals surface area contributed by atoms with E-state index in [0.29, 0.717) is 22.6 Å². The first-order chi connectivity index (χ1) is 9.70. The van der Waals surface area contributed by atoms with Gasteiger partial charge in [-0.05, 0) is 31.0 Å². The summed E-state index contributed by atoms with van der Waals surface area (Å²) < 4.78 is 5.46. The lowest BCUT2D eigenvalue weighted by atomic mass is 10.2. The van der Waals surface area contributed by atoms with E-state index in [4.69, 9.17) is 16.3 Å². The minimum Gasteiger partial charge on any atom is -0.483 e. The number of halogens is 1. The molecule has 0 N–H and O–H groups in total. The van der Waals surface area contributed by atoms with Crippen LogP contribution in [0.25, 0.3) is 0 Å². The minimum absolute atomic E-state index is 0.0290. The molecule has 1 saturated heterocycles. The first-order valence-corrected chi connectivity index (χ1v) is 7.24. The molecule has 108 valence electrons. The maximum Gasteiger partial charge on any atom is 0.260 e. The molecule has 1 aliphatic heterocycles. The monoisotopic (exact) mass is 295 g/mol. The Labute approximate surface area is 123 Å². The van der Waals surface area contributed by atoms with Crippen LogP contribution < -0.4 is 4.74 Å². The molecule has 0 bridgehead atoms. The Morgan fingerprint density at radius 2 is 1.95 bits per heavy atom. The van der Waals surface area contributed by atoms with Crippen molar-refractivity contribution in [3.8, 4) is 5.75 Å². The van der Waals surface area contributed by atoms with E-state index in [1.165, 1.54) is 18.9 Å². The standard InChI is InChI=1S/C15H18ClNO3/c16-13-5-6-14(12(9-13)10-18)20-11-15(19)17-7-3-1-2-4-8-17/h5-6,9-10H,1-4,7-8,11H2. The van der Waals surface area contributed by atoms with Crippen LogP contribution in [0.2, 0.25) is 5.02 Å². The number of likely N-dealkylation sites (tertiary alicyclic amines) is 1. The van der Waals surface area contributed by atoms with Gasteiger partial charge in [-0.15, -0.1) is 0 Å². The van der Waals surface area contributed by atoms with Crippen LogP contribution in [0.5, 0.6) is 5.75 Å². The number of ether oxygens (including phenoxy) is 1. The highest BCUT2D eigenvalue weighted by atomic mass is 35.5. The van der Waals surface area contributed by atoms with Crippen molar-refractivity contribution in [2.45, 2.75) is 25.7 Å². The van der Waals surface area contributed by atoms with Gasteiger partial charge in [0.15, 0.2) is 12.9 Å². The van der Waals surface area contributed by atoms with Crippen LogP contribution in [0.15, 0.2) is 18.2 Å². The minimum atomic E-state index is -0.0392. The summed E-state index contributed by atoms with van der Waals surface area (Å²) >= 11 is 5.81. The topological polar surface area (TPSA) is 46.6 Å². The van der Waals surface area contributed by atoms with E-state index in [1.54, 1.807) is 12.1 Å². The van der Waals surface area contributed by atoms with Crippen molar-refractivity contribution in [1.82, 2.24) is 4.90 Å². The van der Waals surface area contributed by atoms with E-state index in [1.807, 2.05) is 4.90 Å². The number of nitrogens with zero attached hydrogens (tertiary/aromatic N) is 1. The molecule has 0 aliphatic carbocycles. The maximum atomic E-state index is 12.1. The summed E-state index contributed by atoms with van der Waals surface area (Å²) in [6.45, 7) is 1.55. The molecule has 0 spiro atoms. The molecule has 4 nitrogen and oxygen atoms in total. The highest BCUT2D eigenvalue weighted by Crippen LogP contribution is 2.21. The third-order valence-corrected chi connectivity index (χ3v) is 3.64. The molecule has 1 aliphatic rings. The molecule has 0 unspecified atom stereocenters. The van der Waals surface area contributed by atoms with Gasteiger partial charge in [0.25, 0.3) is 5.91 Å². The fraction of sp³-hybridized carbons (Fsp3) is 0.467. The van der Waals surface area contributed by atoms with Crippen molar-refractivity contribution in [3.63, 3.8) is 0 Å². The molecule has 1 aromatic rings. The van der Waals surface area contributed by atoms with Crippen molar-refractivity contribution in [2.75, 3.05) is 19.7 Å². The fourth-order valence-corrected chi connectivity index (χ4v) is 2.47. The second-order valence-corrected chi connectivity index (χ2v) is 5.32. The Bertz CT molecular complexity index is 482. The predicted molar refractivity (Wildman–Crippen MR) is 77.4 cm³/mol. The van der Waals surface area contributed by atoms with Gasteiger partial charge in [-0.1, -0.05) is 24.4 Å². The molecule has 1 heterocycles. The number of aldehydes is 1. The second kappa shape index (κ2) is 7.29. The van der Waals surface area contributed by atoms with Crippen LogP contribution >= 0.6 is 11.6 Å². The summed E-state index contributed by atoms with van der Waals surface area (Å²) in [6.07, 6.45) is 5.13. The number of carbonyl (C=O) groups excluding carboxylic acids is 2. The zero-order valence-corrected chi connectivity index (χ0v) is 12.1. The lowest BCUT2D eigenvalue weighted by molar-refractivity contribution is -0.133. The highest BCUT2D eigenvalue weighted by molar-refractivity contribution is 6.30. The molecular formula is C15H18ClNO3. The van der Waals surface area contributed by atoms with E-state index < -0.39 is 0 Å². The number of hydrogen-bond donors (Lipinski definition) is 0. The molecule has 5 heteroatoms. The molecule has 1 amide bonds. The SMILES string of the molecule is O=Cc1cc(Cl)ccc1OCC(=O)N1CCCCCC1. The summed E-state index contributed by atoms with van der Waals surface area (Å²) in [7, 11) is 0. The van der Waals surface area contributed by atoms with Crippen molar-refractivity contribution in [3.05, 3.63) is 28.8 Å². The normalized spacial score (nSPS) is 15.6. The van der Waals surface area contributed by atoms with Crippen LogP contribution in [0, 0.1) is 0 Å². The van der Waals surface area contributed by atoms with Crippen molar-refractivity contribution < 1.29 is 14.3 Å². The Morgan fingerprint density at radius 1 is 1.25 bits per heavy atom. The van der Waals surface area contributed by atoms with Crippen LogP contribution in [-0.2, 0) is 4.79 Å². The molecule has 0 aromatic heterocycles. The summed E-state index contributed by atoms with van der Waals surface area (Å²) in [5, 5.41) is 0.471. The van der Waals surface area contributed by atoms with E-state index in [0.717, 1.165) is 25.9 Å². The molecule has 20 heavy (non-hydrogen) atoms. The predicted octanol–water partition coefficient (Wildman–Crippen LogP) is 2.93. The summed E-state index contributed by atoms with van der Waals surface area (Å²) in [5.74, 6) is 0.367. The van der Waals surface area contributed by atoms with Gasteiger partial charge in [0.1, 0.15) is 5.75 Å². The smallest absolute Gasteiger partial charge is 0.260 e. The Kier molecular flexibility index (Phi) is 5.41. The Morgan fingerprint density at radius 3 is 2.60 bits per heavy atom. The van der Waals surface area contributed by atoms with Gasteiger partial charge in [0.2, 0.25) is 0 Å². The first kappa shape index (κ1) is 14.9. The number of hydrogen-bond acceptors (Lipinski definition) is 3. The van der Waals surface area contributed by atoms with Crippen LogP contribution in [0.1, 0.15) is 36.0 Å². The van der Waals surface area contributed by atoms with Gasteiger partial charge in [-0.25, -0.2) is 0 Å². The molecule has 0 saturated carbocycles. The Balaban J connectivity index is 1.94. The van der Waals surface area contributed by atoms with Gasteiger partial charge in [-0.3, -0.25) is 9.59 Å². The third kappa shape index (κ3) is 3.97. The lowest BCUT2D eigenvalue weighted by Gasteiger charge is -2.20. The lowest BCUT2D eigenvalue weighted by Crippen LogP contribution is -2.35. The van der Waals surface area contributed by atoms with Gasteiger partial charge in [-0.2, -0.15) is 0 Å². The average molecular weight is 296 g/mol. The van der Waals surface area contributed by atoms with Gasteiger partial charge < -0.3 is 9.64 Å². The van der Waals surface area contributed by atoms with Gasteiger partial charge >= 0.3 is 0 Å². The van der Waals surface area contributed by atoms with Crippen LogP contribution in [0.3, 0.4) is 0 Å². The average Bonchev–Trinajstić information content (AvgIpc) is 2.74. The number of carbonyl (C=O) groups is 2. The Hall–Kier alpha value is -1.55. The molecule has 1 fully saturated rings. The molecular weight excluding hydrogens is 278 g/mol. The summed E-state index contributed by atoms with van der Waals surface area (Å²) in [5.41, 5.74) is 0.362.